The van der Waals surface area contributed by atoms with Gasteiger partial charge >= 0.3 is 0 Å². The van der Waals surface area contributed by atoms with Crippen molar-refractivity contribution in [3.63, 3.8) is 0 Å². The topological polar surface area (TPSA) is 38.3 Å². The lowest BCUT2D eigenvalue weighted by atomic mass is 10.1. The highest BCUT2D eigenvalue weighted by Gasteiger charge is 2.04. The first-order chi connectivity index (χ1) is 7.77. The molecular formula is C13H19NO2. The molecule has 0 bridgehead atoms. The van der Waals surface area contributed by atoms with Gasteiger partial charge in [0, 0.05) is 5.56 Å². The zero-order chi connectivity index (χ0) is 11.8. The summed E-state index contributed by atoms with van der Waals surface area (Å²) in [7, 11) is 0. The Morgan fingerprint density at radius 1 is 1.25 bits per heavy atom. The summed E-state index contributed by atoms with van der Waals surface area (Å²) >= 11 is 0. The van der Waals surface area contributed by atoms with Crippen LogP contribution in [0.25, 0.3) is 0 Å². The highest BCUT2D eigenvalue weighted by atomic mass is 16.5. The van der Waals surface area contributed by atoms with Crippen molar-refractivity contribution < 1.29 is 9.53 Å². The van der Waals surface area contributed by atoms with E-state index < -0.39 is 0 Å². The Labute approximate surface area is 96.8 Å². The molecule has 0 aliphatic carbocycles. The molecule has 0 unspecified atom stereocenters. The SMILES string of the molecule is CCCOc1ccc(C(=O)CNCC)cc1. The van der Waals surface area contributed by atoms with Gasteiger partial charge in [0.05, 0.1) is 13.2 Å². The van der Waals surface area contributed by atoms with Crippen molar-refractivity contribution in [1.82, 2.24) is 5.32 Å². The molecule has 0 amide bonds. The number of nitrogens with one attached hydrogen (secondary N) is 1. The summed E-state index contributed by atoms with van der Waals surface area (Å²) in [6.07, 6.45) is 0.987. The van der Waals surface area contributed by atoms with Gasteiger partial charge in [0.1, 0.15) is 5.75 Å². The molecule has 0 radical (unpaired) electrons. The third kappa shape index (κ3) is 4.03. The summed E-state index contributed by atoms with van der Waals surface area (Å²) in [5, 5.41) is 3.01. The van der Waals surface area contributed by atoms with E-state index >= 15 is 0 Å². The average Bonchev–Trinajstić information content (AvgIpc) is 2.34. The van der Waals surface area contributed by atoms with Gasteiger partial charge < -0.3 is 10.1 Å². The maximum absolute atomic E-state index is 11.6. The second-order valence-corrected chi connectivity index (χ2v) is 3.58. The lowest BCUT2D eigenvalue weighted by Crippen LogP contribution is -2.22. The van der Waals surface area contributed by atoms with Crippen molar-refractivity contribution in [1.29, 1.82) is 0 Å². The van der Waals surface area contributed by atoms with E-state index in [4.69, 9.17) is 4.74 Å². The van der Waals surface area contributed by atoms with Gasteiger partial charge in [-0.05, 0) is 37.2 Å². The second-order valence-electron chi connectivity index (χ2n) is 3.58. The second kappa shape index (κ2) is 7.01. The Hall–Kier alpha value is -1.35. The molecule has 1 aromatic carbocycles. The number of benzene rings is 1. The van der Waals surface area contributed by atoms with Crippen LogP contribution in [0.1, 0.15) is 30.6 Å². The molecule has 0 saturated heterocycles. The third-order valence-electron chi connectivity index (χ3n) is 2.18. The van der Waals surface area contributed by atoms with Gasteiger partial charge in [0.2, 0.25) is 0 Å². The molecule has 1 N–H and O–H groups in total. The number of carbonyl (C=O) groups excluding carboxylic acids is 1. The molecule has 1 aromatic rings. The van der Waals surface area contributed by atoms with Crippen molar-refractivity contribution in [2.75, 3.05) is 19.7 Å². The minimum atomic E-state index is 0.115. The summed E-state index contributed by atoms with van der Waals surface area (Å²) in [6.45, 7) is 5.96. The molecule has 0 atom stereocenters. The Morgan fingerprint density at radius 2 is 1.94 bits per heavy atom. The lowest BCUT2D eigenvalue weighted by molar-refractivity contribution is 0.0991. The number of Topliss-reactive ketones (excluding diaryl/α,β-unsaturated/α-hetero) is 1. The fraction of sp³-hybridized carbons (Fsp3) is 0.462. The first kappa shape index (κ1) is 12.7. The standard InChI is InChI=1S/C13H19NO2/c1-3-9-16-12-7-5-11(6-8-12)13(15)10-14-4-2/h5-8,14H,3-4,9-10H2,1-2H3. The molecule has 0 fully saturated rings. The van der Waals surface area contributed by atoms with Crippen LogP contribution in [0.4, 0.5) is 0 Å². The Kier molecular flexibility index (Phi) is 5.57. The van der Waals surface area contributed by atoms with E-state index in [-0.39, 0.29) is 5.78 Å². The van der Waals surface area contributed by atoms with Crippen LogP contribution in [0.2, 0.25) is 0 Å². The van der Waals surface area contributed by atoms with E-state index in [1.54, 1.807) is 0 Å². The van der Waals surface area contributed by atoms with Crippen molar-refractivity contribution in [3.8, 4) is 5.75 Å². The maximum atomic E-state index is 11.6. The van der Waals surface area contributed by atoms with Gasteiger partial charge in [-0.3, -0.25) is 4.79 Å². The molecular weight excluding hydrogens is 202 g/mol. The van der Waals surface area contributed by atoms with Crippen molar-refractivity contribution in [2.45, 2.75) is 20.3 Å². The van der Waals surface area contributed by atoms with Crippen LogP contribution in [-0.4, -0.2) is 25.5 Å². The molecule has 0 aromatic heterocycles. The Morgan fingerprint density at radius 3 is 2.50 bits per heavy atom. The lowest BCUT2D eigenvalue weighted by Gasteiger charge is -2.05. The highest BCUT2D eigenvalue weighted by molar-refractivity contribution is 5.97. The molecule has 1 rings (SSSR count). The maximum Gasteiger partial charge on any atom is 0.176 e. The van der Waals surface area contributed by atoms with Crippen LogP contribution in [0.5, 0.6) is 5.75 Å². The van der Waals surface area contributed by atoms with Crippen LogP contribution >= 0.6 is 0 Å². The molecule has 0 aliphatic rings. The molecule has 16 heavy (non-hydrogen) atoms. The summed E-state index contributed by atoms with van der Waals surface area (Å²) < 4.78 is 5.44. The van der Waals surface area contributed by atoms with E-state index in [1.165, 1.54) is 0 Å². The predicted molar refractivity (Wildman–Crippen MR) is 65.1 cm³/mol. The number of hydrogen-bond donors (Lipinski definition) is 1. The largest absolute Gasteiger partial charge is 0.494 e. The van der Waals surface area contributed by atoms with Crippen LogP contribution in [-0.2, 0) is 0 Å². The first-order valence-electron chi connectivity index (χ1n) is 5.74. The number of likely N-dealkylation sites (N-methyl/N-ethyl adjacent to an activating group) is 1. The van der Waals surface area contributed by atoms with Crippen LogP contribution < -0.4 is 10.1 Å². The van der Waals surface area contributed by atoms with Crippen LogP contribution in [0.15, 0.2) is 24.3 Å². The molecule has 0 saturated carbocycles. The fourth-order valence-corrected chi connectivity index (χ4v) is 1.30. The monoisotopic (exact) mass is 221 g/mol. The fourth-order valence-electron chi connectivity index (χ4n) is 1.30. The average molecular weight is 221 g/mol. The van der Waals surface area contributed by atoms with Crippen LogP contribution in [0.3, 0.4) is 0 Å². The van der Waals surface area contributed by atoms with Gasteiger partial charge in [-0.1, -0.05) is 13.8 Å². The van der Waals surface area contributed by atoms with E-state index in [0.717, 1.165) is 24.3 Å². The molecule has 3 heteroatoms. The first-order valence-corrected chi connectivity index (χ1v) is 5.74. The Balaban J connectivity index is 2.53. The third-order valence-corrected chi connectivity index (χ3v) is 2.18. The number of ketones is 1. The number of rotatable bonds is 7. The van der Waals surface area contributed by atoms with Gasteiger partial charge in [0.15, 0.2) is 5.78 Å². The quantitative estimate of drug-likeness (QED) is 0.718. The van der Waals surface area contributed by atoms with E-state index in [1.807, 2.05) is 31.2 Å². The number of hydrogen-bond acceptors (Lipinski definition) is 3. The zero-order valence-corrected chi connectivity index (χ0v) is 9.95. The van der Waals surface area contributed by atoms with Crippen molar-refractivity contribution >= 4 is 5.78 Å². The molecule has 88 valence electrons. The van der Waals surface area contributed by atoms with E-state index in [2.05, 4.69) is 12.2 Å². The van der Waals surface area contributed by atoms with E-state index in [0.29, 0.717) is 13.2 Å². The minimum absolute atomic E-state index is 0.115. The molecule has 3 nitrogen and oxygen atoms in total. The predicted octanol–water partition coefficient (Wildman–Crippen LogP) is 2.27. The van der Waals surface area contributed by atoms with Gasteiger partial charge in [-0.2, -0.15) is 0 Å². The Bertz CT molecular complexity index is 319. The summed E-state index contributed by atoms with van der Waals surface area (Å²) in [6, 6.07) is 7.30. The van der Waals surface area contributed by atoms with E-state index in [9.17, 15) is 4.79 Å². The normalized spacial score (nSPS) is 10.1. The highest BCUT2D eigenvalue weighted by Crippen LogP contribution is 2.12. The summed E-state index contributed by atoms with van der Waals surface area (Å²) in [5.74, 6) is 0.936. The van der Waals surface area contributed by atoms with Gasteiger partial charge in [0.25, 0.3) is 0 Å². The molecule has 0 aliphatic heterocycles. The summed E-state index contributed by atoms with van der Waals surface area (Å²) in [5.41, 5.74) is 0.727. The number of ether oxygens (including phenoxy) is 1. The van der Waals surface area contributed by atoms with Crippen LogP contribution in [0, 0.1) is 0 Å². The summed E-state index contributed by atoms with van der Waals surface area (Å²) in [4.78, 5) is 11.6. The molecule has 0 heterocycles. The zero-order valence-electron chi connectivity index (χ0n) is 9.95. The van der Waals surface area contributed by atoms with Crippen molar-refractivity contribution in [2.24, 2.45) is 0 Å². The molecule has 0 spiro atoms. The number of carbonyl (C=O) groups is 1. The van der Waals surface area contributed by atoms with Crippen molar-refractivity contribution in [3.05, 3.63) is 29.8 Å². The smallest absolute Gasteiger partial charge is 0.176 e. The minimum Gasteiger partial charge on any atom is -0.494 e. The van der Waals surface area contributed by atoms with Gasteiger partial charge in [-0.25, -0.2) is 0 Å². The van der Waals surface area contributed by atoms with Gasteiger partial charge in [-0.15, -0.1) is 0 Å².